The number of fused-ring (bicyclic) bond motifs is 1. The number of nitrogens with zero attached hydrogens (tertiary/aromatic N) is 2. The van der Waals surface area contributed by atoms with Crippen molar-refractivity contribution in [1.82, 2.24) is 10.3 Å². The summed E-state index contributed by atoms with van der Waals surface area (Å²) in [7, 11) is 0. The molecular weight excluding hydrogens is 241 g/mol. The SMILES string of the molecule is N#Cc1cnc2c(c1-c1ccccc1F)CNCC2. The summed E-state index contributed by atoms with van der Waals surface area (Å²) >= 11 is 0. The van der Waals surface area contributed by atoms with Crippen LogP contribution in [0.25, 0.3) is 11.1 Å². The maximum Gasteiger partial charge on any atom is 0.131 e. The molecule has 3 nitrogen and oxygen atoms in total. The van der Waals surface area contributed by atoms with Crippen molar-refractivity contribution in [2.45, 2.75) is 13.0 Å². The van der Waals surface area contributed by atoms with Crippen molar-refractivity contribution in [1.29, 1.82) is 5.26 Å². The van der Waals surface area contributed by atoms with Crippen molar-refractivity contribution in [3.8, 4) is 17.2 Å². The van der Waals surface area contributed by atoms with Gasteiger partial charge in [0.15, 0.2) is 0 Å². The quantitative estimate of drug-likeness (QED) is 0.849. The molecule has 1 aliphatic rings. The molecule has 1 aliphatic heterocycles. The lowest BCUT2D eigenvalue weighted by molar-refractivity contribution is 0.622. The summed E-state index contributed by atoms with van der Waals surface area (Å²) in [6, 6.07) is 8.67. The van der Waals surface area contributed by atoms with Gasteiger partial charge < -0.3 is 5.32 Å². The lowest BCUT2D eigenvalue weighted by Gasteiger charge is -2.20. The Balaban J connectivity index is 2.30. The zero-order valence-corrected chi connectivity index (χ0v) is 10.3. The standard InChI is InChI=1S/C15H12FN3/c16-13-4-2-1-3-11(13)15-10(7-17)8-19-14-5-6-18-9-12(14)15/h1-4,8,18H,5-6,9H2. The molecule has 2 aromatic rings. The molecule has 0 saturated heterocycles. The van der Waals surface area contributed by atoms with Crippen LogP contribution in [0.3, 0.4) is 0 Å². The zero-order chi connectivity index (χ0) is 13.2. The van der Waals surface area contributed by atoms with E-state index in [4.69, 9.17) is 0 Å². The molecule has 94 valence electrons. The van der Waals surface area contributed by atoms with Gasteiger partial charge in [0.05, 0.1) is 5.56 Å². The number of benzene rings is 1. The van der Waals surface area contributed by atoms with Crippen molar-refractivity contribution in [2.24, 2.45) is 0 Å². The van der Waals surface area contributed by atoms with Crippen LogP contribution in [-0.2, 0) is 13.0 Å². The van der Waals surface area contributed by atoms with Crippen LogP contribution < -0.4 is 5.32 Å². The van der Waals surface area contributed by atoms with Gasteiger partial charge in [0.1, 0.15) is 11.9 Å². The Morgan fingerprint density at radius 3 is 2.95 bits per heavy atom. The van der Waals surface area contributed by atoms with Crippen LogP contribution in [-0.4, -0.2) is 11.5 Å². The Kier molecular flexibility index (Phi) is 2.98. The molecule has 1 aromatic carbocycles. The van der Waals surface area contributed by atoms with Crippen LogP contribution in [0, 0.1) is 17.1 Å². The van der Waals surface area contributed by atoms with Crippen LogP contribution >= 0.6 is 0 Å². The summed E-state index contributed by atoms with van der Waals surface area (Å²) in [6.07, 6.45) is 2.36. The lowest BCUT2D eigenvalue weighted by atomic mass is 9.92. The van der Waals surface area contributed by atoms with Gasteiger partial charge in [-0.05, 0) is 11.6 Å². The van der Waals surface area contributed by atoms with E-state index in [0.29, 0.717) is 23.2 Å². The van der Waals surface area contributed by atoms with Crippen molar-refractivity contribution in [2.75, 3.05) is 6.54 Å². The van der Waals surface area contributed by atoms with Crippen molar-refractivity contribution in [3.05, 3.63) is 53.1 Å². The largest absolute Gasteiger partial charge is 0.312 e. The third kappa shape index (κ3) is 1.98. The molecule has 0 amide bonds. The van der Waals surface area contributed by atoms with Crippen LogP contribution in [0.5, 0.6) is 0 Å². The molecule has 0 saturated carbocycles. The molecule has 0 aliphatic carbocycles. The molecule has 1 aromatic heterocycles. The Hall–Kier alpha value is -2.25. The summed E-state index contributed by atoms with van der Waals surface area (Å²) in [5.41, 5.74) is 3.47. The van der Waals surface area contributed by atoms with E-state index in [0.717, 1.165) is 24.2 Å². The molecule has 1 N–H and O–H groups in total. The third-order valence-corrected chi connectivity index (χ3v) is 3.37. The van der Waals surface area contributed by atoms with E-state index in [-0.39, 0.29) is 5.82 Å². The normalized spacial score (nSPS) is 13.7. The Morgan fingerprint density at radius 2 is 2.16 bits per heavy atom. The third-order valence-electron chi connectivity index (χ3n) is 3.37. The average Bonchev–Trinajstić information content (AvgIpc) is 2.47. The fraction of sp³-hybridized carbons (Fsp3) is 0.200. The maximum atomic E-state index is 14.0. The molecule has 19 heavy (non-hydrogen) atoms. The molecule has 3 rings (SSSR count). The van der Waals surface area contributed by atoms with Gasteiger partial charge in [-0.25, -0.2) is 4.39 Å². The lowest BCUT2D eigenvalue weighted by Crippen LogP contribution is -2.25. The van der Waals surface area contributed by atoms with Crippen molar-refractivity contribution in [3.63, 3.8) is 0 Å². The second-order valence-electron chi connectivity index (χ2n) is 4.49. The minimum atomic E-state index is -0.307. The first kappa shape index (κ1) is 11.8. The van der Waals surface area contributed by atoms with E-state index in [9.17, 15) is 9.65 Å². The summed E-state index contributed by atoms with van der Waals surface area (Å²) < 4.78 is 14.0. The van der Waals surface area contributed by atoms with E-state index >= 15 is 0 Å². The van der Waals surface area contributed by atoms with E-state index < -0.39 is 0 Å². The van der Waals surface area contributed by atoms with Gasteiger partial charge in [0.25, 0.3) is 0 Å². The highest BCUT2D eigenvalue weighted by Gasteiger charge is 2.20. The summed E-state index contributed by atoms with van der Waals surface area (Å²) in [4.78, 5) is 4.32. The second-order valence-corrected chi connectivity index (χ2v) is 4.49. The van der Waals surface area contributed by atoms with Gasteiger partial charge in [0.2, 0.25) is 0 Å². The first-order valence-electron chi connectivity index (χ1n) is 6.17. The number of pyridine rings is 1. The van der Waals surface area contributed by atoms with Gasteiger partial charge in [-0.15, -0.1) is 0 Å². The molecule has 0 atom stereocenters. The fourth-order valence-corrected chi connectivity index (χ4v) is 2.47. The van der Waals surface area contributed by atoms with Gasteiger partial charge in [-0.3, -0.25) is 4.98 Å². The Morgan fingerprint density at radius 1 is 1.32 bits per heavy atom. The number of aromatic nitrogens is 1. The molecular formula is C15H12FN3. The predicted octanol–water partition coefficient (Wildman–Crippen LogP) is 2.41. The zero-order valence-electron chi connectivity index (χ0n) is 10.3. The minimum absolute atomic E-state index is 0.307. The number of hydrogen-bond acceptors (Lipinski definition) is 3. The van der Waals surface area contributed by atoms with Gasteiger partial charge in [-0.2, -0.15) is 5.26 Å². The fourth-order valence-electron chi connectivity index (χ4n) is 2.47. The molecule has 0 fully saturated rings. The van der Waals surface area contributed by atoms with Crippen LogP contribution in [0.15, 0.2) is 30.5 Å². The van der Waals surface area contributed by atoms with Gasteiger partial charge in [0, 0.05) is 42.5 Å². The summed E-state index contributed by atoms with van der Waals surface area (Å²) in [5, 5.41) is 12.5. The highest BCUT2D eigenvalue weighted by atomic mass is 19.1. The molecule has 0 radical (unpaired) electrons. The smallest absolute Gasteiger partial charge is 0.131 e. The van der Waals surface area contributed by atoms with E-state index in [1.807, 2.05) is 0 Å². The van der Waals surface area contributed by atoms with E-state index in [1.54, 1.807) is 24.4 Å². The van der Waals surface area contributed by atoms with Crippen LogP contribution in [0.2, 0.25) is 0 Å². The van der Waals surface area contributed by atoms with E-state index in [2.05, 4.69) is 16.4 Å². The number of nitriles is 1. The number of halogens is 1. The number of hydrogen-bond donors (Lipinski definition) is 1. The Labute approximate surface area is 110 Å². The molecule has 2 heterocycles. The monoisotopic (exact) mass is 253 g/mol. The predicted molar refractivity (Wildman–Crippen MR) is 69.8 cm³/mol. The van der Waals surface area contributed by atoms with Gasteiger partial charge >= 0.3 is 0 Å². The Bertz CT molecular complexity index is 674. The molecule has 0 unspecified atom stereocenters. The summed E-state index contributed by atoms with van der Waals surface area (Å²) in [5.74, 6) is -0.307. The first-order valence-corrected chi connectivity index (χ1v) is 6.17. The molecule has 4 heteroatoms. The number of nitrogens with one attached hydrogen (secondary N) is 1. The maximum absolute atomic E-state index is 14.0. The van der Waals surface area contributed by atoms with Gasteiger partial charge in [-0.1, -0.05) is 18.2 Å². The van der Waals surface area contributed by atoms with E-state index in [1.165, 1.54) is 6.07 Å². The van der Waals surface area contributed by atoms with Crippen LogP contribution in [0.1, 0.15) is 16.8 Å². The highest BCUT2D eigenvalue weighted by molar-refractivity contribution is 5.74. The minimum Gasteiger partial charge on any atom is -0.312 e. The molecule has 0 spiro atoms. The van der Waals surface area contributed by atoms with Crippen molar-refractivity contribution >= 4 is 0 Å². The topological polar surface area (TPSA) is 48.7 Å². The highest BCUT2D eigenvalue weighted by Crippen LogP contribution is 2.32. The average molecular weight is 253 g/mol. The van der Waals surface area contributed by atoms with Crippen molar-refractivity contribution < 1.29 is 4.39 Å². The first-order chi connectivity index (χ1) is 9.31. The van der Waals surface area contributed by atoms with Crippen LogP contribution in [0.4, 0.5) is 4.39 Å². The molecule has 0 bridgehead atoms. The number of rotatable bonds is 1. The second kappa shape index (κ2) is 4.79. The summed E-state index contributed by atoms with van der Waals surface area (Å²) in [6.45, 7) is 1.49.